The lowest BCUT2D eigenvalue weighted by molar-refractivity contribution is -0.666. The molecule has 1 heterocycles. The zero-order valence-electron chi connectivity index (χ0n) is 8.56. The average molecular weight is 205 g/mol. The number of aliphatic carboxylic acids is 1. The predicted octanol–water partition coefficient (Wildman–Crippen LogP) is -1.07. The number of nitrogens with two attached hydrogens (primary N) is 1. The van der Waals surface area contributed by atoms with Gasteiger partial charge in [0.25, 0.3) is 0 Å². The summed E-state index contributed by atoms with van der Waals surface area (Å²) in [5.74, 6) is -0.458. The number of rotatable bonds is 3. The maximum Gasteiger partial charge on any atom is 0.127 e. The van der Waals surface area contributed by atoms with Crippen LogP contribution in [0.4, 0.5) is 0 Å². The molecule has 0 aromatic heterocycles. The Balaban J connectivity index is 1.90. The Bertz CT molecular complexity index is 337. The predicted molar refractivity (Wildman–Crippen MR) is 53.8 cm³/mol. The van der Waals surface area contributed by atoms with Crippen molar-refractivity contribution < 1.29 is 15.2 Å². The van der Waals surface area contributed by atoms with Gasteiger partial charge in [-0.1, -0.05) is 30.3 Å². The molecular formula is C12H15NO2. The Labute approximate surface area is 89.1 Å². The molecule has 2 rings (SSSR count). The van der Waals surface area contributed by atoms with Crippen LogP contribution in [0.25, 0.3) is 0 Å². The van der Waals surface area contributed by atoms with Gasteiger partial charge in [-0.05, 0) is 12.0 Å². The van der Waals surface area contributed by atoms with E-state index in [-0.39, 0.29) is 6.04 Å². The molecule has 1 aliphatic heterocycles. The maximum atomic E-state index is 10.7. The molecule has 0 aliphatic carbocycles. The molecule has 1 aromatic carbocycles. The Kier molecular flexibility index (Phi) is 3.02. The highest BCUT2D eigenvalue weighted by Crippen LogP contribution is 2.14. The van der Waals surface area contributed by atoms with Gasteiger partial charge < -0.3 is 15.2 Å². The summed E-state index contributed by atoms with van der Waals surface area (Å²) in [5.41, 5.74) is 1.29. The second-order valence-electron chi connectivity index (χ2n) is 4.19. The van der Waals surface area contributed by atoms with E-state index in [0.717, 1.165) is 19.4 Å². The normalized spacial score (nSPS) is 25.3. The molecule has 1 aromatic rings. The van der Waals surface area contributed by atoms with Crippen molar-refractivity contribution in [3.63, 3.8) is 0 Å². The molecule has 0 saturated carbocycles. The molecule has 1 saturated heterocycles. The van der Waals surface area contributed by atoms with Gasteiger partial charge in [-0.2, -0.15) is 0 Å². The Morgan fingerprint density at radius 1 is 1.40 bits per heavy atom. The van der Waals surface area contributed by atoms with Gasteiger partial charge in [0.05, 0.1) is 12.5 Å². The van der Waals surface area contributed by atoms with Crippen molar-refractivity contribution in [3.05, 3.63) is 35.9 Å². The van der Waals surface area contributed by atoms with E-state index in [2.05, 4.69) is 12.1 Å². The fourth-order valence-corrected chi connectivity index (χ4v) is 2.21. The average Bonchev–Trinajstić information content (AvgIpc) is 2.68. The van der Waals surface area contributed by atoms with Crippen LogP contribution in [0.15, 0.2) is 30.3 Å². The van der Waals surface area contributed by atoms with E-state index >= 15 is 0 Å². The first-order chi connectivity index (χ1) is 7.25. The molecule has 1 aliphatic rings. The van der Waals surface area contributed by atoms with Crippen molar-refractivity contribution >= 4 is 5.97 Å². The highest BCUT2D eigenvalue weighted by Gasteiger charge is 2.28. The third-order valence-electron chi connectivity index (χ3n) is 3.01. The van der Waals surface area contributed by atoms with Crippen molar-refractivity contribution in [1.82, 2.24) is 0 Å². The van der Waals surface area contributed by atoms with Crippen LogP contribution in [0.5, 0.6) is 0 Å². The number of quaternary nitrogens is 1. The van der Waals surface area contributed by atoms with Crippen LogP contribution in [-0.4, -0.2) is 18.6 Å². The lowest BCUT2D eigenvalue weighted by atomic mass is 9.97. The second-order valence-corrected chi connectivity index (χ2v) is 4.19. The summed E-state index contributed by atoms with van der Waals surface area (Å²) in [6, 6.07) is 9.88. The highest BCUT2D eigenvalue weighted by atomic mass is 16.4. The van der Waals surface area contributed by atoms with Gasteiger partial charge >= 0.3 is 0 Å². The largest absolute Gasteiger partial charge is 0.544 e. The third-order valence-corrected chi connectivity index (χ3v) is 3.01. The van der Waals surface area contributed by atoms with Gasteiger partial charge in [-0.15, -0.1) is 0 Å². The summed E-state index contributed by atoms with van der Waals surface area (Å²) in [4.78, 5) is 10.7. The maximum absolute atomic E-state index is 10.7. The van der Waals surface area contributed by atoms with Crippen molar-refractivity contribution in [1.29, 1.82) is 0 Å². The first kappa shape index (κ1) is 10.2. The van der Waals surface area contributed by atoms with Gasteiger partial charge in [0.2, 0.25) is 0 Å². The lowest BCUT2D eigenvalue weighted by Crippen LogP contribution is -2.90. The van der Waals surface area contributed by atoms with Crippen LogP contribution in [0.1, 0.15) is 12.0 Å². The summed E-state index contributed by atoms with van der Waals surface area (Å²) in [6.07, 6.45) is 1.71. The molecule has 2 atom stereocenters. The molecule has 3 heteroatoms. The van der Waals surface area contributed by atoms with E-state index in [1.54, 1.807) is 0 Å². The smallest absolute Gasteiger partial charge is 0.127 e. The Morgan fingerprint density at radius 3 is 2.73 bits per heavy atom. The van der Waals surface area contributed by atoms with Crippen molar-refractivity contribution in [2.45, 2.75) is 18.9 Å². The van der Waals surface area contributed by atoms with Crippen LogP contribution >= 0.6 is 0 Å². The number of carbonyl (C=O) groups is 1. The molecule has 0 amide bonds. The summed E-state index contributed by atoms with van der Waals surface area (Å²) in [5, 5.41) is 12.5. The van der Waals surface area contributed by atoms with E-state index < -0.39 is 5.97 Å². The van der Waals surface area contributed by atoms with Crippen molar-refractivity contribution in [2.75, 3.05) is 6.54 Å². The van der Waals surface area contributed by atoms with Crippen LogP contribution in [0.2, 0.25) is 0 Å². The molecule has 2 N–H and O–H groups in total. The van der Waals surface area contributed by atoms with E-state index in [1.807, 2.05) is 23.5 Å². The summed E-state index contributed by atoms with van der Waals surface area (Å²) in [6.45, 7) is 0.896. The Hall–Kier alpha value is -1.35. The number of carbonyl (C=O) groups excluding carboxylic acids is 1. The van der Waals surface area contributed by atoms with Gasteiger partial charge in [0.1, 0.15) is 6.04 Å². The van der Waals surface area contributed by atoms with E-state index in [4.69, 9.17) is 0 Å². The fraction of sp³-hybridized carbons (Fsp3) is 0.417. The second kappa shape index (κ2) is 4.45. The van der Waals surface area contributed by atoms with E-state index in [9.17, 15) is 9.90 Å². The van der Waals surface area contributed by atoms with Crippen LogP contribution in [0.3, 0.4) is 0 Å². The van der Waals surface area contributed by atoms with Gasteiger partial charge in [-0.3, -0.25) is 0 Å². The number of hydrogen-bond donors (Lipinski definition) is 1. The summed E-state index contributed by atoms with van der Waals surface area (Å²) >= 11 is 0. The zero-order chi connectivity index (χ0) is 10.7. The zero-order valence-corrected chi connectivity index (χ0v) is 8.56. The minimum atomic E-state index is -0.925. The molecule has 0 spiro atoms. The fourth-order valence-electron chi connectivity index (χ4n) is 2.21. The topological polar surface area (TPSA) is 56.7 Å². The molecular weight excluding hydrogens is 190 g/mol. The first-order valence-electron chi connectivity index (χ1n) is 5.34. The minimum absolute atomic E-state index is 0.335. The van der Waals surface area contributed by atoms with Crippen molar-refractivity contribution in [2.24, 2.45) is 5.92 Å². The number of carboxylic acids is 1. The number of hydrogen-bond acceptors (Lipinski definition) is 2. The van der Waals surface area contributed by atoms with Crippen LogP contribution < -0.4 is 10.4 Å². The molecule has 3 nitrogen and oxygen atoms in total. The first-order valence-corrected chi connectivity index (χ1v) is 5.34. The molecule has 80 valence electrons. The highest BCUT2D eigenvalue weighted by molar-refractivity contribution is 5.69. The molecule has 15 heavy (non-hydrogen) atoms. The van der Waals surface area contributed by atoms with E-state index in [0.29, 0.717) is 5.92 Å². The monoisotopic (exact) mass is 205 g/mol. The van der Waals surface area contributed by atoms with Crippen molar-refractivity contribution in [3.8, 4) is 0 Å². The van der Waals surface area contributed by atoms with E-state index in [1.165, 1.54) is 5.56 Å². The number of benzene rings is 1. The third kappa shape index (κ3) is 2.57. The number of carboxylic acid groups (broad SMARTS) is 1. The molecule has 0 bridgehead atoms. The quantitative estimate of drug-likeness (QED) is 0.683. The molecule has 1 fully saturated rings. The summed E-state index contributed by atoms with van der Waals surface area (Å²) < 4.78 is 0. The van der Waals surface area contributed by atoms with Gasteiger partial charge in [0, 0.05) is 12.3 Å². The SMILES string of the molecule is O=C([O-])[C@H]1C[C@@H](Cc2ccccc2)C[NH2+]1. The molecule has 0 unspecified atom stereocenters. The lowest BCUT2D eigenvalue weighted by Gasteiger charge is -2.07. The van der Waals surface area contributed by atoms with Crippen LogP contribution in [-0.2, 0) is 11.2 Å². The Morgan fingerprint density at radius 2 is 2.13 bits per heavy atom. The van der Waals surface area contributed by atoms with Gasteiger partial charge in [-0.25, -0.2) is 0 Å². The standard InChI is InChI=1S/C12H15NO2/c14-12(15)11-7-10(8-13-11)6-9-4-2-1-3-5-9/h1-5,10-11,13H,6-8H2,(H,14,15)/t10-,11-/m1/s1. The molecule has 0 radical (unpaired) electrons. The minimum Gasteiger partial charge on any atom is -0.544 e. The van der Waals surface area contributed by atoms with Crippen LogP contribution in [0, 0.1) is 5.92 Å². The van der Waals surface area contributed by atoms with Gasteiger partial charge in [0.15, 0.2) is 0 Å². The summed E-state index contributed by atoms with van der Waals surface area (Å²) in [7, 11) is 0.